The van der Waals surface area contributed by atoms with Crippen molar-refractivity contribution >= 4 is 5.97 Å². The van der Waals surface area contributed by atoms with Crippen LogP contribution < -0.4 is 0 Å². The zero-order valence-electron chi connectivity index (χ0n) is 13.7. The van der Waals surface area contributed by atoms with Crippen LogP contribution >= 0.6 is 0 Å². The number of aliphatic hydroxyl groups is 1. The quantitative estimate of drug-likeness (QED) is 0.619. The molecule has 0 aliphatic rings. The first kappa shape index (κ1) is 21.6. The summed E-state index contributed by atoms with van der Waals surface area (Å²) in [6.45, 7) is 10.4. The van der Waals surface area contributed by atoms with E-state index in [0.717, 1.165) is 6.08 Å². The number of aliphatic hydroxyl groups excluding tert-OH is 1. The minimum Gasteiger partial charge on any atom is -0.460 e. The summed E-state index contributed by atoms with van der Waals surface area (Å²) in [4.78, 5) is 11.5. The van der Waals surface area contributed by atoms with Crippen LogP contribution in [-0.2, 0) is 9.53 Å². The van der Waals surface area contributed by atoms with E-state index in [1.165, 1.54) is 13.0 Å². The van der Waals surface area contributed by atoms with Crippen molar-refractivity contribution in [2.75, 3.05) is 0 Å². The van der Waals surface area contributed by atoms with Crippen LogP contribution in [0.3, 0.4) is 0 Å². The fourth-order valence-corrected chi connectivity index (χ4v) is 1.34. The Morgan fingerprint density at radius 2 is 1.95 bits per heavy atom. The average molecular weight is 299 g/mol. The lowest BCUT2D eigenvalue weighted by atomic mass is 10.0. The van der Waals surface area contributed by atoms with Gasteiger partial charge in [0, 0.05) is 0 Å². The first-order valence-electron chi connectivity index (χ1n) is 6.96. The van der Waals surface area contributed by atoms with Crippen molar-refractivity contribution in [3.05, 3.63) is 23.6 Å². The highest BCUT2D eigenvalue weighted by atomic mass is 19.1. The van der Waals surface area contributed by atoms with Crippen LogP contribution in [0.1, 0.15) is 54.4 Å². The van der Waals surface area contributed by atoms with E-state index in [-0.39, 0.29) is 18.4 Å². The Morgan fingerprint density at radius 1 is 1.43 bits per heavy atom. The van der Waals surface area contributed by atoms with E-state index in [0.29, 0.717) is 0 Å². The highest BCUT2D eigenvalue weighted by Gasteiger charge is 2.20. The lowest BCUT2D eigenvalue weighted by Crippen LogP contribution is -2.27. The molecule has 1 unspecified atom stereocenters. The number of hydrogen-bond donors (Lipinski definition) is 1. The third kappa shape index (κ3) is 13.1. The van der Waals surface area contributed by atoms with Gasteiger partial charge in [-0.2, -0.15) is 5.26 Å². The second kappa shape index (κ2) is 11.0. The maximum Gasteiger partial charge on any atom is 0.309 e. The molecule has 0 amide bonds. The molecule has 1 N–H and O–H groups in total. The fourth-order valence-electron chi connectivity index (χ4n) is 1.34. The van der Waals surface area contributed by atoms with E-state index in [1.54, 1.807) is 20.8 Å². The third-order valence-electron chi connectivity index (χ3n) is 1.96. The molecule has 0 bridgehead atoms. The van der Waals surface area contributed by atoms with Crippen molar-refractivity contribution in [2.24, 2.45) is 0 Å². The second-order valence-corrected chi connectivity index (χ2v) is 5.10. The highest BCUT2D eigenvalue weighted by Crippen LogP contribution is 2.15. The molecule has 0 saturated heterocycles. The van der Waals surface area contributed by atoms with Crippen LogP contribution in [0.15, 0.2) is 23.6 Å². The van der Waals surface area contributed by atoms with E-state index in [2.05, 4.69) is 0 Å². The molecule has 0 heterocycles. The maximum absolute atomic E-state index is 12.9. The molecular formula is C16H26FNO3. The van der Waals surface area contributed by atoms with Crippen LogP contribution in [0.4, 0.5) is 4.39 Å². The molecule has 0 aliphatic heterocycles. The average Bonchev–Trinajstić information content (AvgIpc) is 2.33. The molecule has 1 atom stereocenters. The summed E-state index contributed by atoms with van der Waals surface area (Å²) in [5.41, 5.74) is -0.438. The Bertz CT molecular complexity index is 410. The number of ether oxygens (including phenoxy) is 1. The van der Waals surface area contributed by atoms with Gasteiger partial charge in [0.25, 0.3) is 0 Å². The van der Waals surface area contributed by atoms with Crippen LogP contribution in [-0.4, -0.2) is 22.8 Å². The molecule has 0 spiro atoms. The van der Waals surface area contributed by atoms with Crippen LogP contribution in [0, 0.1) is 11.3 Å². The summed E-state index contributed by atoms with van der Waals surface area (Å²) in [5.74, 6) is -1.08. The summed E-state index contributed by atoms with van der Waals surface area (Å²) in [6, 6.07) is 1.86. The Balaban J connectivity index is 0. The zero-order chi connectivity index (χ0) is 17.1. The van der Waals surface area contributed by atoms with Crippen LogP contribution in [0.5, 0.6) is 0 Å². The first-order chi connectivity index (χ1) is 9.65. The van der Waals surface area contributed by atoms with Crippen molar-refractivity contribution < 1.29 is 19.0 Å². The van der Waals surface area contributed by atoms with Gasteiger partial charge in [0.15, 0.2) is 0 Å². The number of carbonyl (C=O) groups is 1. The molecule has 21 heavy (non-hydrogen) atoms. The minimum absolute atomic E-state index is 0.0322. The number of allylic oxidation sites excluding steroid dienone is 2. The van der Waals surface area contributed by atoms with Gasteiger partial charge in [0.1, 0.15) is 5.60 Å². The van der Waals surface area contributed by atoms with E-state index in [1.807, 2.05) is 19.9 Å². The smallest absolute Gasteiger partial charge is 0.309 e. The van der Waals surface area contributed by atoms with Gasteiger partial charge < -0.3 is 9.84 Å². The Kier molecular flexibility index (Phi) is 11.4. The lowest BCUT2D eigenvalue weighted by Gasteiger charge is -2.21. The van der Waals surface area contributed by atoms with Gasteiger partial charge in [0.05, 0.1) is 30.8 Å². The Hall–Kier alpha value is -1.67. The molecule has 0 rings (SSSR count). The standard InChI is InChI=1S/C14H20FNO3.C2H6/c1-10(15)8-11(6-5-7-16)12(17)9-13(18)19-14(2,3)4;1-2/h6,8,12,17H,5,9H2,1-4H3;1-2H3/b10-8+,11-6+;. The molecule has 120 valence electrons. The molecule has 0 aromatic heterocycles. The monoisotopic (exact) mass is 299 g/mol. The molecule has 0 aliphatic carbocycles. The maximum atomic E-state index is 12.9. The zero-order valence-corrected chi connectivity index (χ0v) is 13.7. The Labute approximate surface area is 126 Å². The molecule has 0 aromatic carbocycles. The number of nitrogens with zero attached hydrogens (tertiary/aromatic N) is 1. The topological polar surface area (TPSA) is 70.3 Å². The SMILES string of the molecule is C/C(F)=C\C(=C/CC#N)C(O)CC(=O)OC(C)(C)C.CC. The largest absolute Gasteiger partial charge is 0.460 e. The van der Waals surface area contributed by atoms with Gasteiger partial charge in [-0.05, 0) is 39.3 Å². The van der Waals surface area contributed by atoms with E-state index < -0.39 is 23.5 Å². The molecule has 5 heteroatoms. The van der Waals surface area contributed by atoms with E-state index >= 15 is 0 Å². The molecule has 0 fully saturated rings. The predicted octanol–water partition coefficient (Wildman–Crippen LogP) is 3.82. The number of rotatable bonds is 5. The van der Waals surface area contributed by atoms with Gasteiger partial charge >= 0.3 is 5.97 Å². The number of nitriles is 1. The number of carbonyl (C=O) groups excluding carboxylic acids is 1. The van der Waals surface area contributed by atoms with Gasteiger partial charge in [-0.1, -0.05) is 19.9 Å². The lowest BCUT2D eigenvalue weighted by molar-refractivity contribution is -0.156. The summed E-state index contributed by atoms with van der Waals surface area (Å²) in [5, 5.41) is 18.3. The second-order valence-electron chi connectivity index (χ2n) is 5.10. The van der Waals surface area contributed by atoms with Crippen LogP contribution in [0.2, 0.25) is 0 Å². The van der Waals surface area contributed by atoms with Gasteiger partial charge in [-0.3, -0.25) is 4.79 Å². The summed E-state index contributed by atoms with van der Waals surface area (Å²) >= 11 is 0. The predicted molar refractivity (Wildman–Crippen MR) is 81.0 cm³/mol. The number of halogens is 1. The number of hydrogen-bond acceptors (Lipinski definition) is 4. The van der Waals surface area contributed by atoms with E-state index in [9.17, 15) is 14.3 Å². The van der Waals surface area contributed by atoms with Crippen molar-refractivity contribution in [3.8, 4) is 6.07 Å². The molecular weight excluding hydrogens is 273 g/mol. The van der Waals surface area contributed by atoms with Crippen molar-refractivity contribution in [3.63, 3.8) is 0 Å². The first-order valence-corrected chi connectivity index (χ1v) is 6.96. The molecule has 4 nitrogen and oxygen atoms in total. The van der Waals surface area contributed by atoms with Crippen LogP contribution in [0.25, 0.3) is 0 Å². The summed E-state index contributed by atoms with van der Waals surface area (Å²) in [7, 11) is 0. The normalized spacial score (nSPS) is 13.7. The van der Waals surface area contributed by atoms with Crippen molar-refractivity contribution in [1.82, 2.24) is 0 Å². The molecule has 0 saturated carbocycles. The molecule has 0 radical (unpaired) electrons. The highest BCUT2D eigenvalue weighted by molar-refractivity contribution is 5.71. The third-order valence-corrected chi connectivity index (χ3v) is 1.96. The Morgan fingerprint density at radius 3 is 2.33 bits per heavy atom. The fraction of sp³-hybridized carbons (Fsp3) is 0.625. The van der Waals surface area contributed by atoms with Crippen molar-refractivity contribution in [1.29, 1.82) is 5.26 Å². The molecule has 0 aromatic rings. The number of esters is 1. The van der Waals surface area contributed by atoms with Gasteiger partial charge in [-0.15, -0.1) is 0 Å². The van der Waals surface area contributed by atoms with Gasteiger partial charge in [0.2, 0.25) is 0 Å². The van der Waals surface area contributed by atoms with Crippen molar-refractivity contribution in [2.45, 2.75) is 66.1 Å². The van der Waals surface area contributed by atoms with Gasteiger partial charge in [-0.25, -0.2) is 4.39 Å². The summed E-state index contributed by atoms with van der Waals surface area (Å²) < 4.78 is 17.9. The summed E-state index contributed by atoms with van der Waals surface area (Å²) in [6.07, 6.45) is 1.06. The van der Waals surface area contributed by atoms with E-state index in [4.69, 9.17) is 10.00 Å². The minimum atomic E-state index is -1.19.